The number of hydrogen-bond donors (Lipinski definition) is 1. The summed E-state index contributed by atoms with van der Waals surface area (Å²) in [5.74, 6) is -0.180. The van der Waals surface area contributed by atoms with Gasteiger partial charge in [-0.2, -0.15) is 5.26 Å². The molecule has 0 heterocycles. The van der Waals surface area contributed by atoms with Crippen molar-refractivity contribution in [2.75, 3.05) is 18.5 Å². The average molecular weight is 291 g/mol. The zero-order valence-corrected chi connectivity index (χ0v) is 13.7. The molecule has 0 amide bonds. The van der Waals surface area contributed by atoms with Crippen molar-refractivity contribution in [2.24, 2.45) is 0 Å². The van der Waals surface area contributed by atoms with Gasteiger partial charge in [-0.05, 0) is 57.0 Å². The first-order valence-corrected chi connectivity index (χ1v) is 7.55. The predicted molar refractivity (Wildman–Crippen MR) is 85.9 cm³/mol. The highest BCUT2D eigenvalue weighted by Crippen LogP contribution is 2.30. The third-order valence-corrected chi connectivity index (χ3v) is 3.90. The van der Waals surface area contributed by atoms with Gasteiger partial charge in [0.1, 0.15) is 5.82 Å². The molecule has 4 heteroatoms. The van der Waals surface area contributed by atoms with E-state index < -0.39 is 0 Å². The van der Waals surface area contributed by atoms with E-state index in [9.17, 15) is 4.39 Å². The minimum atomic E-state index is -0.180. The Kier molecular flexibility index (Phi) is 6.64. The normalized spacial score (nSPS) is 13.6. The van der Waals surface area contributed by atoms with Crippen molar-refractivity contribution in [3.8, 4) is 6.07 Å². The molecule has 0 aromatic heterocycles. The fraction of sp³-hybridized carbons (Fsp3) is 0.588. The summed E-state index contributed by atoms with van der Waals surface area (Å²) in [6.45, 7) is 8.84. The Hall–Kier alpha value is -1.60. The van der Waals surface area contributed by atoms with Gasteiger partial charge >= 0.3 is 0 Å². The maximum Gasteiger partial charge on any atom is 0.126 e. The molecule has 0 radical (unpaired) electrons. The van der Waals surface area contributed by atoms with E-state index in [4.69, 9.17) is 5.26 Å². The molecule has 0 saturated heterocycles. The summed E-state index contributed by atoms with van der Waals surface area (Å²) >= 11 is 0. The number of halogens is 1. The largest absolute Gasteiger partial charge is 0.371 e. The first kappa shape index (κ1) is 17.5. The van der Waals surface area contributed by atoms with Gasteiger partial charge in [-0.15, -0.1) is 0 Å². The molecule has 0 aliphatic rings. The average Bonchev–Trinajstić information content (AvgIpc) is 2.46. The second-order valence-electron chi connectivity index (χ2n) is 5.66. The van der Waals surface area contributed by atoms with Crippen LogP contribution in [0.25, 0.3) is 0 Å². The van der Waals surface area contributed by atoms with Gasteiger partial charge in [0, 0.05) is 24.8 Å². The van der Waals surface area contributed by atoms with Crippen LogP contribution in [0.15, 0.2) is 12.1 Å². The highest BCUT2D eigenvalue weighted by molar-refractivity contribution is 5.57. The fourth-order valence-corrected chi connectivity index (χ4v) is 2.31. The van der Waals surface area contributed by atoms with Crippen molar-refractivity contribution < 1.29 is 4.39 Å². The van der Waals surface area contributed by atoms with Crippen LogP contribution in [0.2, 0.25) is 0 Å². The van der Waals surface area contributed by atoms with Crippen LogP contribution in [0.3, 0.4) is 0 Å². The van der Waals surface area contributed by atoms with Crippen LogP contribution in [0.5, 0.6) is 0 Å². The van der Waals surface area contributed by atoms with Crippen molar-refractivity contribution >= 4 is 5.69 Å². The molecule has 3 nitrogen and oxygen atoms in total. The molecule has 0 bridgehead atoms. The van der Waals surface area contributed by atoms with E-state index in [-0.39, 0.29) is 17.9 Å². The summed E-state index contributed by atoms with van der Waals surface area (Å²) in [5.41, 5.74) is 2.57. The van der Waals surface area contributed by atoms with E-state index in [1.54, 1.807) is 13.0 Å². The number of nitrogens with one attached hydrogen (secondary N) is 1. The van der Waals surface area contributed by atoms with Gasteiger partial charge in [0.25, 0.3) is 0 Å². The van der Waals surface area contributed by atoms with Crippen LogP contribution in [0, 0.1) is 24.1 Å². The lowest BCUT2D eigenvalue weighted by Crippen LogP contribution is -2.31. The molecule has 2 atom stereocenters. The van der Waals surface area contributed by atoms with Crippen LogP contribution in [0.1, 0.15) is 50.8 Å². The van der Waals surface area contributed by atoms with Crippen molar-refractivity contribution in [1.82, 2.24) is 5.32 Å². The molecule has 0 spiro atoms. The van der Waals surface area contributed by atoms with Crippen LogP contribution in [-0.2, 0) is 0 Å². The van der Waals surface area contributed by atoms with Gasteiger partial charge in [-0.25, -0.2) is 4.39 Å². The number of nitrogens with zero attached hydrogens (tertiary/aromatic N) is 2. The lowest BCUT2D eigenvalue weighted by molar-refractivity contribution is 0.557. The number of hydrogen-bond acceptors (Lipinski definition) is 3. The number of anilines is 1. The van der Waals surface area contributed by atoms with Crippen LogP contribution >= 0.6 is 0 Å². The van der Waals surface area contributed by atoms with Crippen LogP contribution in [-0.4, -0.2) is 19.6 Å². The van der Waals surface area contributed by atoms with Gasteiger partial charge in [0.05, 0.1) is 12.5 Å². The third kappa shape index (κ3) is 4.44. The summed E-state index contributed by atoms with van der Waals surface area (Å²) in [4.78, 5) is 2.06. The van der Waals surface area contributed by atoms with E-state index >= 15 is 0 Å². The van der Waals surface area contributed by atoms with E-state index in [0.717, 1.165) is 24.2 Å². The summed E-state index contributed by atoms with van der Waals surface area (Å²) in [7, 11) is 1.96. The SMILES string of the molecule is CCCNC(C)c1cc(F)c(C)cc1N(C)C(C)CC#N. The molecule has 1 rings (SSSR count). The molecule has 0 aliphatic heterocycles. The number of benzene rings is 1. The maximum absolute atomic E-state index is 14.0. The Morgan fingerprint density at radius 3 is 2.62 bits per heavy atom. The second kappa shape index (κ2) is 7.99. The first-order chi connectivity index (χ1) is 9.92. The Morgan fingerprint density at radius 1 is 1.38 bits per heavy atom. The number of aryl methyl sites for hydroxylation is 1. The molecule has 1 N–H and O–H groups in total. The predicted octanol–water partition coefficient (Wildman–Crippen LogP) is 3.93. The van der Waals surface area contributed by atoms with E-state index in [2.05, 4.69) is 23.2 Å². The smallest absolute Gasteiger partial charge is 0.126 e. The molecule has 0 fully saturated rings. The molecule has 2 unspecified atom stereocenters. The van der Waals surface area contributed by atoms with E-state index in [1.807, 2.05) is 27.0 Å². The van der Waals surface area contributed by atoms with E-state index in [0.29, 0.717) is 12.0 Å². The summed E-state index contributed by atoms with van der Waals surface area (Å²) in [6, 6.07) is 5.86. The van der Waals surface area contributed by atoms with Crippen molar-refractivity contribution in [1.29, 1.82) is 5.26 Å². The molecular formula is C17H26FN3. The minimum absolute atomic E-state index is 0.0757. The highest BCUT2D eigenvalue weighted by atomic mass is 19.1. The molecule has 0 saturated carbocycles. The molecule has 0 aliphatic carbocycles. The monoisotopic (exact) mass is 291 g/mol. The topological polar surface area (TPSA) is 39.1 Å². The highest BCUT2D eigenvalue weighted by Gasteiger charge is 2.19. The van der Waals surface area contributed by atoms with Gasteiger partial charge in [-0.1, -0.05) is 6.92 Å². The van der Waals surface area contributed by atoms with Crippen LogP contribution in [0.4, 0.5) is 10.1 Å². The van der Waals surface area contributed by atoms with Gasteiger partial charge in [0.2, 0.25) is 0 Å². The lowest BCUT2D eigenvalue weighted by atomic mass is 10.0. The summed E-state index contributed by atoms with van der Waals surface area (Å²) in [5, 5.41) is 12.3. The van der Waals surface area contributed by atoms with E-state index in [1.165, 1.54) is 0 Å². The molecule has 1 aromatic carbocycles. The van der Waals surface area contributed by atoms with Gasteiger partial charge in [-0.3, -0.25) is 0 Å². The quantitative estimate of drug-likeness (QED) is 0.827. The lowest BCUT2D eigenvalue weighted by Gasteiger charge is -2.30. The number of rotatable bonds is 7. The fourth-order valence-electron chi connectivity index (χ4n) is 2.31. The Labute approximate surface area is 127 Å². The summed E-state index contributed by atoms with van der Waals surface area (Å²) < 4.78 is 14.0. The van der Waals surface area contributed by atoms with Crippen LogP contribution < -0.4 is 10.2 Å². The first-order valence-electron chi connectivity index (χ1n) is 7.55. The Balaban J connectivity index is 3.16. The molecule has 21 heavy (non-hydrogen) atoms. The van der Waals surface area contributed by atoms with Crippen molar-refractivity contribution in [3.63, 3.8) is 0 Å². The minimum Gasteiger partial charge on any atom is -0.371 e. The third-order valence-electron chi connectivity index (χ3n) is 3.90. The second-order valence-corrected chi connectivity index (χ2v) is 5.66. The van der Waals surface area contributed by atoms with Gasteiger partial charge < -0.3 is 10.2 Å². The molecular weight excluding hydrogens is 265 g/mol. The number of nitriles is 1. The molecule has 1 aromatic rings. The Morgan fingerprint density at radius 2 is 2.05 bits per heavy atom. The zero-order valence-electron chi connectivity index (χ0n) is 13.7. The van der Waals surface area contributed by atoms with Crippen molar-refractivity contribution in [2.45, 2.75) is 52.6 Å². The standard InChI is InChI=1S/C17H26FN3/c1-6-9-20-14(4)15-11-16(18)12(2)10-17(15)21(5)13(3)7-8-19/h10-11,13-14,20H,6-7,9H2,1-5H3. The maximum atomic E-state index is 14.0. The molecule has 116 valence electrons. The zero-order chi connectivity index (χ0) is 16.0. The summed E-state index contributed by atoms with van der Waals surface area (Å²) in [6.07, 6.45) is 1.48. The Bertz CT molecular complexity index is 507. The van der Waals surface area contributed by atoms with Gasteiger partial charge in [0.15, 0.2) is 0 Å². The van der Waals surface area contributed by atoms with Crippen molar-refractivity contribution in [3.05, 3.63) is 29.1 Å².